The fourth-order valence-electron chi connectivity index (χ4n) is 7.18. The van der Waals surface area contributed by atoms with Crippen molar-refractivity contribution in [3.63, 3.8) is 0 Å². The normalized spacial score (nSPS) is 17.3. The number of nitrogens with one attached hydrogen (secondary N) is 1. The second kappa shape index (κ2) is 15.6. The number of carbonyl (C=O) groups excluding carboxylic acids is 1. The number of thiophene rings is 1. The molecule has 6 rings (SSSR count). The average molecular weight is 636 g/mol. The zero-order valence-electron chi connectivity index (χ0n) is 26.5. The summed E-state index contributed by atoms with van der Waals surface area (Å²) in [6, 6.07) is 35.5. The SMILES string of the molecule is NC(=O)C(c1ccccc1)(c1ccccc1)[C@@H]1CCN(CCCc2ccc(CCCNC(Cc3ccccc3)C3=COCO3)s2)C1. The Morgan fingerprint density at radius 3 is 2.13 bits per heavy atom. The number of hydrogen-bond donors (Lipinski definition) is 2. The van der Waals surface area contributed by atoms with Gasteiger partial charge in [-0.15, -0.1) is 11.3 Å². The molecule has 3 N–H and O–H groups in total. The zero-order chi connectivity index (χ0) is 31.6. The molecule has 7 heteroatoms. The fraction of sp³-hybridized carbons (Fsp3) is 0.359. The van der Waals surface area contributed by atoms with Gasteiger partial charge in [-0.05, 0) is 92.9 Å². The molecule has 3 heterocycles. The maximum Gasteiger partial charge on any atom is 0.232 e. The van der Waals surface area contributed by atoms with Crippen molar-refractivity contribution >= 4 is 17.2 Å². The minimum Gasteiger partial charge on any atom is -0.462 e. The van der Waals surface area contributed by atoms with Crippen LogP contribution in [-0.2, 0) is 38.9 Å². The van der Waals surface area contributed by atoms with Crippen molar-refractivity contribution in [2.24, 2.45) is 11.7 Å². The van der Waals surface area contributed by atoms with Gasteiger partial charge in [0.2, 0.25) is 12.7 Å². The molecule has 0 spiro atoms. The number of nitrogens with zero attached hydrogens (tertiary/aromatic N) is 1. The van der Waals surface area contributed by atoms with E-state index in [9.17, 15) is 4.79 Å². The number of primary amides is 1. The van der Waals surface area contributed by atoms with Crippen LogP contribution in [0.15, 0.2) is 115 Å². The molecule has 240 valence electrons. The molecule has 1 aromatic heterocycles. The number of carbonyl (C=O) groups is 1. The third-order valence-electron chi connectivity index (χ3n) is 9.46. The first-order chi connectivity index (χ1) is 22.6. The number of amides is 1. The number of rotatable bonds is 16. The second-order valence-corrected chi connectivity index (χ2v) is 13.7. The van der Waals surface area contributed by atoms with E-state index in [-0.39, 0.29) is 17.9 Å². The monoisotopic (exact) mass is 635 g/mol. The molecule has 6 nitrogen and oxygen atoms in total. The molecule has 46 heavy (non-hydrogen) atoms. The van der Waals surface area contributed by atoms with E-state index < -0.39 is 5.41 Å². The Morgan fingerprint density at radius 2 is 1.52 bits per heavy atom. The molecule has 4 aromatic rings. The molecule has 0 aliphatic carbocycles. The highest BCUT2D eigenvalue weighted by Gasteiger charge is 2.49. The number of likely N-dealkylation sites (tertiary alicyclic amines) is 1. The second-order valence-electron chi connectivity index (χ2n) is 12.4. The van der Waals surface area contributed by atoms with Gasteiger partial charge in [0.1, 0.15) is 11.7 Å². The molecule has 2 aliphatic heterocycles. The van der Waals surface area contributed by atoms with Crippen LogP contribution < -0.4 is 11.1 Å². The molecule has 1 fully saturated rings. The van der Waals surface area contributed by atoms with Gasteiger partial charge in [-0.1, -0.05) is 91.0 Å². The van der Waals surface area contributed by atoms with E-state index in [2.05, 4.69) is 70.9 Å². The van der Waals surface area contributed by atoms with Crippen LogP contribution >= 0.6 is 11.3 Å². The maximum absolute atomic E-state index is 13.4. The Balaban J connectivity index is 0.980. The van der Waals surface area contributed by atoms with E-state index in [1.807, 2.05) is 53.8 Å². The predicted molar refractivity (Wildman–Crippen MR) is 185 cm³/mol. The summed E-state index contributed by atoms with van der Waals surface area (Å²) in [6.07, 6.45) is 7.88. The maximum atomic E-state index is 13.4. The summed E-state index contributed by atoms with van der Waals surface area (Å²) in [5.41, 5.74) is 8.72. The summed E-state index contributed by atoms with van der Waals surface area (Å²) >= 11 is 1.94. The van der Waals surface area contributed by atoms with Crippen molar-refractivity contribution in [3.8, 4) is 0 Å². The molecular weight excluding hydrogens is 591 g/mol. The van der Waals surface area contributed by atoms with Gasteiger partial charge in [0.15, 0.2) is 5.76 Å². The molecule has 2 aliphatic rings. The fourth-order valence-corrected chi connectivity index (χ4v) is 8.28. The summed E-state index contributed by atoms with van der Waals surface area (Å²) in [4.78, 5) is 18.8. The summed E-state index contributed by atoms with van der Waals surface area (Å²) in [6.45, 7) is 4.10. The highest BCUT2D eigenvalue weighted by Crippen LogP contribution is 2.43. The van der Waals surface area contributed by atoms with E-state index in [0.29, 0.717) is 6.79 Å². The van der Waals surface area contributed by atoms with Crippen LogP contribution in [0, 0.1) is 5.92 Å². The van der Waals surface area contributed by atoms with E-state index in [4.69, 9.17) is 15.2 Å². The van der Waals surface area contributed by atoms with Crippen LogP contribution in [0.25, 0.3) is 0 Å². The molecule has 1 amide bonds. The molecule has 3 aromatic carbocycles. The number of ether oxygens (including phenoxy) is 2. The number of hydrogen-bond acceptors (Lipinski definition) is 6. The van der Waals surface area contributed by atoms with Gasteiger partial charge in [0, 0.05) is 16.3 Å². The van der Waals surface area contributed by atoms with Gasteiger partial charge in [-0.25, -0.2) is 0 Å². The predicted octanol–water partition coefficient (Wildman–Crippen LogP) is 6.45. The Kier molecular flexibility index (Phi) is 10.9. The lowest BCUT2D eigenvalue weighted by Gasteiger charge is -2.37. The Hall–Kier alpha value is -3.91. The van der Waals surface area contributed by atoms with E-state index in [0.717, 1.165) is 81.6 Å². The van der Waals surface area contributed by atoms with Crippen LogP contribution in [0.3, 0.4) is 0 Å². The van der Waals surface area contributed by atoms with Crippen LogP contribution in [0.5, 0.6) is 0 Å². The van der Waals surface area contributed by atoms with Gasteiger partial charge < -0.3 is 25.4 Å². The quantitative estimate of drug-likeness (QED) is 0.138. The van der Waals surface area contributed by atoms with Crippen molar-refractivity contribution in [1.29, 1.82) is 0 Å². The van der Waals surface area contributed by atoms with Crippen molar-refractivity contribution in [2.45, 2.75) is 50.0 Å². The summed E-state index contributed by atoms with van der Waals surface area (Å²) < 4.78 is 11.0. The number of aryl methyl sites for hydroxylation is 2. The molecule has 0 saturated carbocycles. The van der Waals surface area contributed by atoms with Gasteiger partial charge in [-0.3, -0.25) is 4.79 Å². The minimum atomic E-state index is -0.828. The van der Waals surface area contributed by atoms with Crippen LogP contribution in [0.4, 0.5) is 0 Å². The minimum absolute atomic E-state index is 0.113. The molecular formula is C39H45N3O3S. The molecule has 1 saturated heterocycles. The lowest BCUT2D eigenvalue weighted by atomic mass is 9.64. The van der Waals surface area contributed by atoms with Crippen molar-refractivity contribution in [3.05, 3.63) is 142 Å². The van der Waals surface area contributed by atoms with Gasteiger partial charge in [0.25, 0.3) is 0 Å². The highest BCUT2D eigenvalue weighted by atomic mass is 32.1. The third kappa shape index (κ3) is 7.55. The summed E-state index contributed by atoms with van der Waals surface area (Å²) in [5, 5.41) is 3.69. The molecule has 2 atom stereocenters. The van der Waals surface area contributed by atoms with Crippen molar-refractivity contribution in [1.82, 2.24) is 10.2 Å². The Labute approximate surface area is 277 Å². The van der Waals surface area contributed by atoms with Gasteiger partial charge in [-0.2, -0.15) is 0 Å². The average Bonchev–Trinajstić information content (AvgIpc) is 3.88. The van der Waals surface area contributed by atoms with Crippen molar-refractivity contribution in [2.75, 3.05) is 33.0 Å². The molecule has 0 bridgehead atoms. The zero-order valence-corrected chi connectivity index (χ0v) is 27.3. The lowest BCUT2D eigenvalue weighted by Crippen LogP contribution is -2.49. The number of benzene rings is 3. The Bertz CT molecular complexity index is 1520. The first-order valence-corrected chi connectivity index (χ1v) is 17.4. The first-order valence-electron chi connectivity index (χ1n) is 16.6. The number of nitrogens with two attached hydrogens (primary N) is 1. The molecule has 1 unspecified atom stereocenters. The molecule has 0 radical (unpaired) electrons. The standard InChI is InChI=1S/C39H45N3O3S/c40-38(43)39(31-14-6-2-7-15-31,32-16-8-3-9-17-32)33-22-25-42(27-33)24-11-19-35-21-20-34(46-35)18-10-23-41-36(37-28-44-29-45-37)26-30-12-4-1-5-13-30/h1-9,12-17,20-21,28,33,36,41H,10-11,18-19,22-27,29H2,(H2,40,43)/t33-,36?/m1/s1. The first kappa shape index (κ1) is 32.0. The highest BCUT2D eigenvalue weighted by molar-refractivity contribution is 7.11. The smallest absolute Gasteiger partial charge is 0.232 e. The lowest BCUT2D eigenvalue weighted by molar-refractivity contribution is -0.123. The van der Waals surface area contributed by atoms with Crippen LogP contribution in [0.2, 0.25) is 0 Å². The topological polar surface area (TPSA) is 76.8 Å². The van der Waals surface area contributed by atoms with E-state index >= 15 is 0 Å². The van der Waals surface area contributed by atoms with Crippen LogP contribution in [-0.4, -0.2) is 49.8 Å². The Morgan fingerprint density at radius 1 is 0.891 bits per heavy atom. The van der Waals surface area contributed by atoms with E-state index in [1.54, 1.807) is 6.26 Å². The summed E-state index contributed by atoms with van der Waals surface area (Å²) in [5.74, 6) is 0.753. The van der Waals surface area contributed by atoms with Crippen LogP contribution in [0.1, 0.15) is 45.7 Å². The largest absolute Gasteiger partial charge is 0.462 e. The summed E-state index contributed by atoms with van der Waals surface area (Å²) in [7, 11) is 0. The van der Waals surface area contributed by atoms with Gasteiger partial charge >= 0.3 is 0 Å². The van der Waals surface area contributed by atoms with E-state index in [1.165, 1.54) is 15.3 Å². The third-order valence-corrected chi connectivity index (χ3v) is 10.7. The van der Waals surface area contributed by atoms with Gasteiger partial charge in [0.05, 0.1) is 6.04 Å². The van der Waals surface area contributed by atoms with Crippen molar-refractivity contribution < 1.29 is 14.3 Å².